The molecule has 0 saturated carbocycles. The van der Waals surface area contributed by atoms with E-state index in [0.717, 1.165) is 90.2 Å². The lowest BCUT2D eigenvalue weighted by atomic mass is 10.0. The molecule has 0 atom stereocenters. The van der Waals surface area contributed by atoms with E-state index >= 15 is 0 Å². The molecule has 2 aromatic heterocycles. The van der Waals surface area contributed by atoms with Crippen LogP contribution in [0.1, 0.15) is 68.8 Å². The zero-order chi connectivity index (χ0) is 37.3. The molecule has 2 aromatic carbocycles. The number of halogens is 1. The number of pyridine rings is 1. The molecule has 3 amide bonds. The number of nitrogens with zero attached hydrogens (tertiary/aromatic N) is 5. The number of rotatable bonds is 14. The molecule has 2 saturated heterocycles. The highest BCUT2D eigenvalue weighted by Gasteiger charge is 2.23. The summed E-state index contributed by atoms with van der Waals surface area (Å²) >= 11 is 6.66. The second kappa shape index (κ2) is 18.0. The van der Waals surface area contributed by atoms with Gasteiger partial charge in [0.15, 0.2) is 5.65 Å². The van der Waals surface area contributed by atoms with Crippen LogP contribution in [0.4, 0.5) is 5.69 Å². The van der Waals surface area contributed by atoms with Crippen molar-refractivity contribution < 1.29 is 19.1 Å². The molecule has 2 fully saturated rings. The van der Waals surface area contributed by atoms with Gasteiger partial charge in [0.2, 0.25) is 17.7 Å². The van der Waals surface area contributed by atoms with E-state index in [1.807, 2.05) is 53.0 Å². The minimum absolute atomic E-state index is 0.0713. The van der Waals surface area contributed by atoms with Gasteiger partial charge >= 0.3 is 0 Å². The zero-order valence-electron chi connectivity index (χ0n) is 31.0. The summed E-state index contributed by atoms with van der Waals surface area (Å²) < 4.78 is 7.48. The number of nitrogens with one attached hydrogen (secondary N) is 3. The number of carbonyl (C=O) groups excluding carboxylic acids is 3. The minimum Gasteiger partial charge on any atom is -0.381 e. The van der Waals surface area contributed by atoms with Crippen LogP contribution in [-0.4, -0.2) is 87.7 Å². The third-order valence-electron chi connectivity index (χ3n) is 10.2. The predicted octanol–water partition coefficient (Wildman–Crippen LogP) is 5.30. The topological polar surface area (TPSA) is 134 Å². The van der Waals surface area contributed by atoms with Crippen molar-refractivity contribution >= 4 is 46.0 Å². The Balaban J connectivity index is 1.03. The third kappa shape index (κ3) is 9.73. The molecule has 4 heterocycles. The number of benzene rings is 2. The molecule has 0 bridgehead atoms. The summed E-state index contributed by atoms with van der Waals surface area (Å²) in [7, 11) is 0. The lowest BCUT2D eigenvalue weighted by molar-refractivity contribution is -0.130. The number of hydrogen-bond donors (Lipinski definition) is 3. The first-order chi connectivity index (χ1) is 25.7. The van der Waals surface area contributed by atoms with Gasteiger partial charge in [0, 0.05) is 113 Å². The SMILES string of the molecule is CCc1nc2c(cnn2CC)c(NC2CCOCC2)c1CNC(=O)CCC(=O)NCc1ccc(Cl)c(-c2cccc(CN3CCN(C(C)=O)CC3)c2)c1. The Labute approximate surface area is 316 Å². The third-order valence-corrected chi connectivity index (χ3v) is 10.5. The van der Waals surface area contributed by atoms with E-state index in [1.54, 1.807) is 6.92 Å². The van der Waals surface area contributed by atoms with Crippen LogP contribution in [0.2, 0.25) is 5.02 Å². The van der Waals surface area contributed by atoms with Gasteiger partial charge in [0.05, 0.1) is 17.3 Å². The van der Waals surface area contributed by atoms with Crippen LogP contribution in [0.15, 0.2) is 48.7 Å². The number of fused-ring (bicyclic) bond motifs is 1. The van der Waals surface area contributed by atoms with Gasteiger partial charge in [-0.2, -0.15) is 5.10 Å². The molecule has 6 rings (SSSR count). The fourth-order valence-electron chi connectivity index (χ4n) is 7.11. The average molecular weight is 743 g/mol. The fourth-order valence-corrected chi connectivity index (χ4v) is 7.34. The normalized spacial score (nSPS) is 15.4. The number of aromatic nitrogens is 3. The quantitative estimate of drug-likeness (QED) is 0.159. The van der Waals surface area contributed by atoms with Gasteiger partial charge in [-0.15, -0.1) is 0 Å². The van der Waals surface area contributed by atoms with Crippen molar-refractivity contribution in [1.29, 1.82) is 0 Å². The molecule has 2 aliphatic heterocycles. The second-order valence-electron chi connectivity index (χ2n) is 13.8. The molecule has 0 radical (unpaired) electrons. The molecule has 12 nitrogen and oxygen atoms in total. The van der Waals surface area contributed by atoms with Crippen molar-refractivity contribution in [2.24, 2.45) is 0 Å². The highest BCUT2D eigenvalue weighted by Crippen LogP contribution is 2.32. The van der Waals surface area contributed by atoms with Crippen LogP contribution in [-0.2, 0) is 51.7 Å². The van der Waals surface area contributed by atoms with Crippen LogP contribution in [0.5, 0.6) is 0 Å². The molecule has 0 aliphatic carbocycles. The molecule has 13 heteroatoms. The van der Waals surface area contributed by atoms with E-state index < -0.39 is 0 Å². The first-order valence-electron chi connectivity index (χ1n) is 18.8. The first kappa shape index (κ1) is 38.2. The van der Waals surface area contributed by atoms with E-state index in [1.165, 1.54) is 5.56 Å². The van der Waals surface area contributed by atoms with E-state index in [4.69, 9.17) is 21.3 Å². The summed E-state index contributed by atoms with van der Waals surface area (Å²) in [4.78, 5) is 46.8. The second-order valence-corrected chi connectivity index (χ2v) is 14.3. The first-order valence-corrected chi connectivity index (χ1v) is 19.2. The van der Waals surface area contributed by atoms with Crippen molar-refractivity contribution in [1.82, 2.24) is 35.2 Å². The van der Waals surface area contributed by atoms with Crippen molar-refractivity contribution in [3.8, 4) is 11.1 Å². The molecule has 53 heavy (non-hydrogen) atoms. The van der Waals surface area contributed by atoms with Crippen molar-refractivity contribution in [2.45, 2.75) is 85.1 Å². The summed E-state index contributed by atoms with van der Waals surface area (Å²) in [6.07, 6.45) is 4.51. The molecular formula is C40H51ClN8O4. The molecule has 3 N–H and O–H groups in total. The summed E-state index contributed by atoms with van der Waals surface area (Å²) in [5.74, 6) is -0.270. The van der Waals surface area contributed by atoms with Crippen LogP contribution < -0.4 is 16.0 Å². The Bertz CT molecular complexity index is 1920. The van der Waals surface area contributed by atoms with Crippen LogP contribution in [0.25, 0.3) is 22.2 Å². The Kier molecular flexibility index (Phi) is 13.0. The van der Waals surface area contributed by atoms with Gasteiger partial charge in [-0.1, -0.05) is 42.8 Å². The molecule has 0 spiro atoms. The van der Waals surface area contributed by atoms with Gasteiger partial charge in [-0.3, -0.25) is 19.3 Å². The lowest BCUT2D eigenvalue weighted by Crippen LogP contribution is -2.47. The Morgan fingerprint density at radius 1 is 0.925 bits per heavy atom. The molecule has 4 aromatic rings. The number of ether oxygens (including phenoxy) is 1. The molecule has 0 unspecified atom stereocenters. The Hall–Kier alpha value is -4.52. The number of anilines is 1. The Morgan fingerprint density at radius 3 is 2.36 bits per heavy atom. The van der Waals surface area contributed by atoms with Gasteiger partial charge in [0.1, 0.15) is 0 Å². The van der Waals surface area contributed by atoms with Gasteiger partial charge in [-0.05, 0) is 61.1 Å². The maximum Gasteiger partial charge on any atom is 0.220 e. The monoisotopic (exact) mass is 742 g/mol. The summed E-state index contributed by atoms with van der Waals surface area (Å²) in [5, 5.41) is 15.9. The fraction of sp³-hybridized carbons (Fsp3) is 0.475. The molecule has 282 valence electrons. The van der Waals surface area contributed by atoms with Crippen molar-refractivity contribution in [3.63, 3.8) is 0 Å². The van der Waals surface area contributed by atoms with E-state index in [-0.39, 0.29) is 36.6 Å². The lowest BCUT2D eigenvalue weighted by Gasteiger charge is -2.34. The number of carbonyl (C=O) groups is 3. The summed E-state index contributed by atoms with van der Waals surface area (Å²) in [6, 6.07) is 14.4. The predicted molar refractivity (Wildman–Crippen MR) is 207 cm³/mol. The highest BCUT2D eigenvalue weighted by molar-refractivity contribution is 6.33. The highest BCUT2D eigenvalue weighted by atomic mass is 35.5. The Morgan fingerprint density at radius 2 is 1.66 bits per heavy atom. The maximum absolute atomic E-state index is 13.0. The van der Waals surface area contributed by atoms with Crippen LogP contribution in [0.3, 0.4) is 0 Å². The van der Waals surface area contributed by atoms with Crippen LogP contribution >= 0.6 is 11.6 Å². The summed E-state index contributed by atoms with van der Waals surface area (Å²) in [5.41, 5.74) is 7.67. The van der Waals surface area contributed by atoms with Crippen LogP contribution in [0, 0.1) is 0 Å². The van der Waals surface area contributed by atoms with Crippen molar-refractivity contribution in [3.05, 3.63) is 76.1 Å². The number of hydrogen-bond acceptors (Lipinski definition) is 8. The molecular weight excluding hydrogens is 692 g/mol. The van der Waals surface area contributed by atoms with E-state index in [2.05, 4.69) is 45.0 Å². The maximum atomic E-state index is 13.0. The smallest absolute Gasteiger partial charge is 0.220 e. The van der Waals surface area contributed by atoms with E-state index in [9.17, 15) is 14.4 Å². The van der Waals surface area contributed by atoms with Gasteiger partial charge in [-0.25, -0.2) is 9.67 Å². The van der Waals surface area contributed by atoms with Gasteiger partial charge < -0.3 is 25.6 Å². The number of aryl methyl sites for hydroxylation is 2. The number of amides is 3. The summed E-state index contributed by atoms with van der Waals surface area (Å²) in [6.45, 7) is 12.5. The number of piperazine rings is 1. The average Bonchev–Trinajstić information content (AvgIpc) is 3.59. The van der Waals surface area contributed by atoms with Gasteiger partial charge in [0.25, 0.3) is 0 Å². The standard InChI is InChI=1S/C40H51ClN8O4/c1-4-36-33(39(45-31-13-19-53-20-14-31)34-25-44-49(5-2)40(34)46-36)24-43-38(52)12-11-37(51)42-23-28-9-10-35(41)32(22-28)30-8-6-7-29(21-30)26-47-15-17-48(18-16-47)27(3)50/h6-10,21-22,25,31H,4-5,11-20,23-24,26H2,1-3H3,(H,42,51)(H,43,52)(H,45,46). The minimum atomic E-state index is -0.199. The van der Waals surface area contributed by atoms with Crippen molar-refractivity contribution in [2.75, 3.05) is 44.7 Å². The largest absolute Gasteiger partial charge is 0.381 e. The molecule has 2 aliphatic rings. The zero-order valence-corrected chi connectivity index (χ0v) is 31.8. The van der Waals surface area contributed by atoms with E-state index in [0.29, 0.717) is 44.3 Å².